The van der Waals surface area contributed by atoms with Crippen LogP contribution in [0.5, 0.6) is 5.75 Å². The van der Waals surface area contributed by atoms with Gasteiger partial charge in [-0.2, -0.15) is 0 Å². The number of benzene rings is 1. The van der Waals surface area contributed by atoms with Crippen molar-refractivity contribution in [3.63, 3.8) is 0 Å². The number of likely N-dealkylation sites (tertiary alicyclic amines) is 1. The second-order valence-corrected chi connectivity index (χ2v) is 5.82. The molecule has 2 rings (SSSR count). The van der Waals surface area contributed by atoms with Crippen LogP contribution in [0.25, 0.3) is 0 Å². The summed E-state index contributed by atoms with van der Waals surface area (Å²) in [6.45, 7) is 5.22. The summed E-state index contributed by atoms with van der Waals surface area (Å²) in [7, 11) is 2.17. The van der Waals surface area contributed by atoms with Crippen LogP contribution in [0, 0.1) is 0 Å². The first kappa shape index (κ1) is 14.4. The summed E-state index contributed by atoms with van der Waals surface area (Å²) in [5.74, 6) is 0.934. The highest BCUT2D eigenvalue weighted by Gasteiger charge is 2.26. The summed E-state index contributed by atoms with van der Waals surface area (Å²) in [6, 6.07) is 8.98. The van der Waals surface area contributed by atoms with Crippen molar-refractivity contribution in [2.45, 2.75) is 51.3 Å². The third-order valence-corrected chi connectivity index (χ3v) is 3.77. The lowest BCUT2D eigenvalue weighted by Gasteiger charge is -2.30. The fraction of sp³-hybridized carbons (Fsp3) is 0.625. The van der Waals surface area contributed by atoms with Gasteiger partial charge in [0.2, 0.25) is 0 Å². The number of rotatable bonds is 3. The van der Waals surface area contributed by atoms with Crippen LogP contribution in [0.1, 0.15) is 44.7 Å². The molecule has 1 fully saturated rings. The Bertz CT molecular complexity index is 376. The summed E-state index contributed by atoms with van der Waals surface area (Å²) in [5.41, 5.74) is 7.65. The molecule has 3 heteroatoms. The summed E-state index contributed by atoms with van der Waals surface area (Å²) in [5, 5.41) is 0. The third-order valence-electron chi connectivity index (χ3n) is 3.77. The highest BCUT2D eigenvalue weighted by molar-refractivity contribution is 5.30. The number of nitrogens with two attached hydrogens (primary N) is 1. The zero-order chi connectivity index (χ0) is 13.8. The molecule has 1 aliphatic rings. The first-order valence-corrected chi connectivity index (χ1v) is 7.30. The van der Waals surface area contributed by atoms with E-state index in [4.69, 9.17) is 10.5 Å². The van der Waals surface area contributed by atoms with E-state index in [1.807, 2.05) is 13.8 Å². The van der Waals surface area contributed by atoms with Gasteiger partial charge >= 0.3 is 0 Å². The average Bonchev–Trinajstić information content (AvgIpc) is 2.52. The molecule has 3 nitrogen and oxygen atoms in total. The van der Waals surface area contributed by atoms with Crippen LogP contribution in [0.4, 0.5) is 0 Å². The van der Waals surface area contributed by atoms with Crippen LogP contribution in [0.2, 0.25) is 0 Å². The Kier molecular flexibility index (Phi) is 4.83. The number of hydrogen-bond donors (Lipinski definition) is 1. The van der Waals surface area contributed by atoms with Crippen LogP contribution in [0.3, 0.4) is 0 Å². The van der Waals surface area contributed by atoms with E-state index in [-0.39, 0.29) is 12.1 Å². The largest absolute Gasteiger partial charge is 0.491 e. The van der Waals surface area contributed by atoms with Gasteiger partial charge < -0.3 is 10.5 Å². The molecule has 1 aliphatic heterocycles. The van der Waals surface area contributed by atoms with Crippen molar-refractivity contribution in [1.29, 1.82) is 0 Å². The molecule has 0 radical (unpaired) electrons. The molecule has 106 valence electrons. The number of hydrogen-bond acceptors (Lipinski definition) is 3. The van der Waals surface area contributed by atoms with Crippen molar-refractivity contribution in [2.24, 2.45) is 5.73 Å². The van der Waals surface area contributed by atoms with Crippen molar-refractivity contribution in [3.8, 4) is 5.75 Å². The van der Waals surface area contributed by atoms with Crippen molar-refractivity contribution in [1.82, 2.24) is 4.90 Å². The van der Waals surface area contributed by atoms with Crippen molar-refractivity contribution in [3.05, 3.63) is 29.8 Å². The van der Waals surface area contributed by atoms with Crippen LogP contribution >= 0.6 is 0 Å². The van der Waals surface area contributed by atoms with Crippen molar-refractivity contribution >= 4 is 0 Å². The molecule has 2 unspecified atom stereocenters. The smallest absolute Gasteiger partial charge is 0.119 e. The maximum absolute atomic E-state index is 6.35. The Morgan fingerprint density at radius 3 is 2.53 bits per heavy atom. The maximum Gasteiger partial charge on any atom is 0.119 e. The lowest BCUT2D eigenvalue weighted by Crippen LogP contribution is -2.37. The summed E-state index contributed by atoms with van der Waals surface area (Å²) < 4.78 is 5.69. The Morgan fingerprint density at radius 2 is 1.89 bits per heavy atom. The zero-order valence-corrected chi connectivity index (χ0v) is 12.3. The SMILES string of the molecule is CC(C)Oc1ccc(C2C(N)CCCCN2C)cc1. The van der Waals surface area contributed by atoms with Gasteiger partial charge in [0.25, 0.3) is 0 Å². The molecule has 0 amide bonds. The molecule has 0 aliphatic carbocycles. The molecule has 1 saturated heterocycles. The second kappa shape index (κ2) is 6.40. The van der Waals surface area contributed by atoms with E-state index in [0.717, 1.165) is 18.7 Å². The predicted molar refractivity (Wildman–Crippen MR) is 79.4 cm³/mol. The molecular weight excluding hydrogens is 236 g/mol. The van der Waals surface area contributed by atoms with Gasteiger partial charge in [0.05, 0.1) is 6.10 Å². The normalized spacial score (nSPS) is 25.3. The molecule has 0 spiro atoms. The fourth-order valence-corrected chi connectivity index (χ4v) is 2.88. The predicted octanol–water partition coefficient (Wildman–Crippen LogP) is 2.96. The summed E-state index contributed by atoms with van der Waals surface area (Å²) in [4.78, 5) is 2.38. The van der Waals surface area contributed by atoms with E-state index >= 15 is 0 Å². The van der Waals surface area contributed by atoms with Crippen LogP contribution in [0.15, 0.2) is 24.3 Å². The molecule has 1 aromatic carbocycles. The molecule has 1 heterocycles. The van der Waals surface area contributed by atoms with E-state index in [1.165, 1.54) is 18.4 Å². The molecule has 1 aromatic rings. The van der Waals surface area contributed by atoms with Crippen LogP contribution in [-0.2, 0) is 0 Å². The van der Waals surface area contributed by atoms with E-state index in [2.05, 4.69) is 36.2 Å². The minimum atomic E-state index is 0.216. The zero-order valence-electron chi connectivity index (χ0n) is 12.3. The van der Waals surface area contributed by atoms with Gasteiger partial charge in [-0.15, -0.1) is 0 Å². The van der Waals surface area contributed by atoms with E-state index < -0.39 is 0 Å². The van der Waals surface area contributed by atoms with Gasteiger partial charge in [0.1, 0.15) is 5.75 Å². The minimum Gasteiger partial charge on any atom is -0.491 e. The van der Waals surface area contributed by atoms with E-state index in [1.54, 1.807) is 0 Å². The van der Waals surface area contributed by atoms with Crippen molar-refractivity contribution < 1.29 is 4.74 Å². The first-order valence-electron chi connectivity index (χ1n) is 7.30. The molecule has 0 aromatic heterocycles. The van der Waals surface area contributed by atoms with E-state index in [0.29, 0.717) is 6.04 Å². The Balaban J connectivity index is 2.15. The first-order chi connectivity index (χ1) is 9.08. The third kappa shape index (κ3) is 3.71. The van der Waals surface area contributed by atoms with E-state index in [9.17, 15) is 0 Å². The summed E-state index contributed by atoms with van der Waals surface area (Å²) in [6.07, 6.45) is 3.80. The van der Waals surface area contributed by atoms with Crippen LogP contribution in [-0.4, -0.2) is 30.6 Å². The Hall–Kier alpha value is -1.06. The Labute approximate surface area is 116 Å². The molecule has 0 bridgehead atoms. The molecule has 2 atom stereocenters. The molecular formula is C16H26N2O. The second-order valence-electron chi connectivity index (χ2n) is 5.82. The monoisotopic (exact) mass is 262 g/mol. The molecule has 0 saturated carbocycles. The minimum absolute atomic E-state index is 0.216. The topological polar surface area (TPSA) is 38.5 Å². The Morgan fingerprint density at radius 1 is 1.21 bits per heavy atom. The highest BCUT2D eigenvalue weighted by Crippen LogP contribution is 2.29. The average molecular weight is 262 g/mol. The van der Waals surface area contributed by atoms with Crippen LogP contribution < -0.4 is 10.5 Å². The van der Waals surface area contributed by atoms with Gasteiger partial charge in [0, 0.05) is 12.1 Å². The van der Waals surface area contributed by atoms with Crippen molar-refractivity contribution in [2.75, 3.05) is 13.6 Å². The van der Waals surface area contributed by atoms with Gasteiger partial charge in [-0.25, -0.2) is 0 Å². The van der Waals surface area contributed by atoms with Gasteiger partial charge in [-0.3, -0.25) is 4.90 Å². The lowest BCUT2D eigenvalue weighted by atomic mass is 9.96. The summed E-state index contributed by atoms with van der Waals surface area (Å²) >= 11 is 0. The standard InChI is InChI=1S/C16H26N2O/c1-12(2)19-14-9-7-13(8-10-14)16-15(17)6-4-5-11-18(16)3/h7-10,12,15-16H,4-6,11,17H2,1-3H3. The molecule has 2 N–H and O–H groups in total. The fourth-order valence-electron chi connectivity index (χ4n) is 2.88. The number of nitrogens with zero attached hydrogens (tertiary/aromatic N) is 1. The number of ether oxygens (including phenoxy) is 1. The highest BCUT2D eigenvalue weighted by atomic mass is 16.5. The molecule has 19 heavy (non-hydrogen) atoms. The van der Waals surface area contributed by atoms with Gasteiger partial charge in [0.15, 0.2) is 0 Å². The lowest BCUT2D eigenvalue weighted by molar-refractivity contribution is 0.228. The quantitative estimate of drug-likeness (QED) is 0.910. The number of likely N-dealkylation sites (N-methyl/N-ethyl adjacent to an activating group) is 1. The maximum atomic E-state index is 6.35. The van der Waals surface area contributed by atoms with Gasteiger partial charge in [-0.1, -0.05) is 18.6 Å². The van der Waals surface area contributed by atoms with Gasteiger partial charge in [-0.05, 0) is 58.0 Å².